The summed E-state index contributed by atoms with van der Waals surface area (Å²) < 4.78 is 6.08. The number of fused-ring (bicyclic) bond motifs is 3. The largest absolute Gasteiger partial charge is 0.460 e. The molecule has 25 heavy (non-hydrogen) atoms. The standard InChI is InChI=1S/C20H26N2O3/c23-18-7-4-10-20(14-21-18,16-5-2-1-3-6-16)19(24)25-17-13-22-11-8-15(17)9-12-22/h1-3,5-6,15,17H,4,7-14H2,(H,21,23). The maximum atomic E-state index is 13.3. The molecule has 2 unspecified atom stereocenters. The van der Waals surface area contributed by atoms with Gasteiger partial charge in [0.15, 0.2) is 0 Å². The van der Waals surface area contributed by atoms with Crippen molar-refractivity contribution in [1.82, 2.24) is 10.2 Å². The normalized spacial score (nSPS) is 34.9. The quantitative estimate of drug-likeness (QED) is 0.852. The molecule has 4 saturated heterocycles. The molecule has 0 aromatic heterocycles. The van der Waals surface area contributed by atoms with Crippen LogP contribution < -0.4 is 5.32 Å². The SMILES string of the molecule is O=C1CCCC(C(=O)OC2CN3CCC2CC3)(c2ccccc2)CN1. The molecule has 134 valence electrons. The van der Waals surface area contributed by atoms with Crippen LogP contribution in [0.25, 0.3) is 0 Å². The lowest BCUT2D eigenvalue weighted by Gasteiger charge is -2.45. The summed E-state index contributed by atoms with van der Waals surface area (Å²) in [6.07, 6.45) is 4.06. The fourth-order valence-corrected chi connectivity index (χ4v) is 4.57. The van der Waals surface area contributed by atoms with Crippen LogP contribution in [0.1, 0.15) is 37.7 Å². The molecule has 0 saturated carbocycles. The zero-order valence-corrected chi connectivity index (χ0v) is 14.6. The van der Waals surface area contributed by atoms with E-state index in [9.17, 15) is 9.59 Å². The summed E-state index contributed by atoms with van der Waals surface area (Å²) in [6.45, 7) is 3.43. The maximum absolute atomic E-state index is 13.3. The highest BCUT2D eigenvalue weighted by atomic mass is 16.5. The lowest BCUT2D eigenvalue weighted by molar-refractivity contribution is -0.166. The Kier molecular flexibility index (Phi) is 4.50. The minimum atomic E-state index is -0.764. The summed E-state index contributed by atoms with van der Waals surface area (Å²) in [5.74, 6) is 0.343. The highest BCUT2D eigenvalue weighted by Crippen LogP contribution is 2.36. The number of piperidine rings is 3. The molecule has 4 fully saturated rings. The Morgan fingerprint density at radius 1 is 1.20 bits per heavy atom. The van der Waals surface area contributed by atoms with Crippen molar-refractivity contribution in [2.75, 3.05) is 26.2 Å². The molecule has 0 aliphatic carbocycles. The third-order valence-electron chi connectivity index (χ3n) is 6.17. The van der Waals surface area contributed by atoms with Crippen molar-refractivity contribution in [3.05, 3.63) is 35.9 Å². The molecular formula is C20H26N2O3. The molecule has 2 atom stereocenters. The van der Waals surface area contributed by atoms with E-state index in [1.54, 1.807) is 0 Å². The molecule has 4 heterocycles. The van der Waals surface area contributed by atoms with Crippen molar-refractivity contribution >= 4 is 11.9 Å². The van der Waals surface area contributed by atoms with E-state index in [-0.39, 0.29) is 18.0 Å². The van der Waals surface area contributed by atoms with E-state index >= 15 is 0 Å². The van der Waals surface area contributed by atoms with Gasteiger partial charge in [-0.15, -0.1) is 0 Å². The second-order valence-corrected chi connectivity index (χ2v) is 7.66. The van der Waals surface area contributed by atoms with E-state index in [4.69, 9.17) is 4.74 Å². The van der Waals surface area contributed by atoms with Crippen molar-refractivity contribution in [2.45, 2.75) is 43.6 Å². The van der Waals surface area contributed by atoms with E-state index in [0.717, 1.165) is 38.0 Å². The number of hydrogen-bond donors (Lipinski definition) is 1. The lowest BCUT2D eigenvalue weighted by Crippen LogP contribution is -2.54. The van der Waals surface area contributed by atoms with Crippen LogP contribution in [-0.4, -0.2) is 49.1 Å². The Morgan fingerprint density at radius 2 is 1.96 bits per heavy atom. The van der Waals surface area contributed by atoms with Crippen LogP contribution in [-0.2, 0) is 19.7 Å². The van der Waals surface area contributed by atoms with Gasteiger partial charge in [0.25, 0.3) is 0 Å². The third-order valence-corrected chi connectivity index (χ3v) is 6.17. The highest BCUT2D eigenvalue weighted by molar-refractivity contribution is 5.86. The minimum absolute atomic E-state index is 0.00505. The topological polar surface area (TPSA) is 58.6 Å². The highest BCUT2D eigenvalue weighted by Gasteiger charge is 2.46. The van der Waals surface area contributed by atoms with Gasteiger partial charge in [0.1, 0.15) is 11.5 Å². The number of nitrogens with zero attached hydrogens (tertiary/aromatic N) is 1. The molecule has 1 aromatic rings. The molecule has 5 nitrogen and oxygen atoms in total. The van der Waals surface area contributed by atoms with E-state index in [1.165, 1.54) is 0 Å². The summed E-state index contributed by atoms with van der Waals surface area (Å²) in [5.41, 5.74) is 0.183. The van der Waals surface area contributed by atoms with Crippen LogP contribution in [0.2, 0.25) is 0 Å². The molecular weight excluding hydrogens is 316 g/mol. The van der Waals surface area contributed by atoms with Gasteiger partial charge in [0.05, 0.1) is 0 Å². The summed E-state index contributed by atoms with van der Waals surface area (Å²) in [7, 11) is 0. The van der Waals surface area contributed by atoms with Crippen LogP contribution in [0, 0.1) is 5.92 Å². The first-order chi connectivity index (χ1) is 12.2. The third kappa shape index (κ3) is 3.17. The van der Waals surface area contributed by atoms with Gasteiger partial charge in [-0.2, -0.15) is 0 Å². The smallest absolute Gasteiger partial charge is 0.318 e. The Hall–Kier alpha value is -1.88. The fourth-order valence-electron chi connectivity index (χ4n) is 4.57. The predicted octanol–water partition coefficient (Wildman–Crippen LogP) is 1.86. The summed E-state index contributed by atoms with van der Waals surface area (Å²) in [5, 5.41) is 2.94. The summed E-state index contributed by atoms with van der Waals surface area (Å²) in [4.78, 5) is 27.6. The fraction of sp³-hybridized carbons (Fsp3) is 0.600. The number of amides is 1. The summed E-state index contributed by atoms with van der Waals surface area (Å²) >= 11 is 0. The molecule has 1 amide bonds. The molecule has 4 aliphatic rings. The molecule has 0 radical (unpaired) electrons. The van der Waals surface area contributed by atoms with Gasteiger partial charge >= 0.3 is 5.97 Å². The first-order valence-electron chi connectivity index (χ1n) is 9.43. The Labute approximate surface area is 148 Å². The van der Waals surface area contributed by atoms with Gasteiger partial charge in [0, 0.05) is 19.5 Å². The number of rotatable bonds is 3. The van der Waals surface area contributed by atoms with Crippen LogP contribution in [0.3, 0.4) is 0 Å². The van der Waals surface area contributed by atoms with Crippen LogP contribution in [0.5, 0.6) is 0 Å². The van der Waals surface area contributed by atoms with Gasteiger partial charge in [-0.1, -0.05) is 30.3 Å². The van der Waals surface area contributed by atoms with Crippen LogP contribution in [0.4, 0.5) is 0 Å². The average Bonchev–Trinajstić information content (AvgIpc) is 2.86. The summed E-state index contributed by atoms with van der Waals surface area (Å²) in [6, 6.07) is 9.81. The lowest BCUT2D eigenvalue weighted by atomic mass is 9.76. The zero-order valence-electron chi connectivity index (χ0n) is 14.6. The Bertz CT molecular complexity index is 640. The van der Waals surface area contributed by atoms with Crippen molar-refractivity contribution in [2.24, 2.45) is 5.92 Å². The number of ether oxygens (including phenoxy) is 1. The van der Waals surface area contributed by atoms with Crippen LogP contribution >= 0.6 is 0 Å². The van der Waals surface area contributed by atoms with Gasteiger partial charge in [-0.3, -0.25) is 14.5 Å². The first kappa shape index (κ1) is 16.6. The second kappa shape index (κ2) is 6.79. The maximum Gasteiger partial charge on any atom is 0.318 e. The van der Waals surface area contributed by atoms with E-state index in [0.29, 0.717) is 31.7 Å². The van der Waals surface area contributed by atoms with E-state index in [1.807, 2.05) is 30.3 Å². The number of hydrogen-bond acceptors (Lipinski definition) is 4. The number of carbonyl (C=O) groups excluding carboxylic acids is 2. The molecule has 4 aliphatic heterocycles. The van der Waals surface area contributed by atoms with Gasteiger partial charge in [-0.05, 0) is 50.3 Å². The Morgan fingerprint density at radius 3 is 2.64 bits per heavy atom. The minimum Gasteiger partial charge on any atom is -0.460 e. The molecule has 1 N–H and O–H groups in total. The molecule has 5 heteroatoms. The predicted molar refractivity (Wildman–Crippen MR) is 94.0 cm³/mol. The molecule has 1 aromatic carbocycles. The van der Waals surface area contributed by atoms with Crippen molar-refractivity contribution in [3.8, 4) is 0 Å². The molecule has 5 rings (SSSR count). The number of esters is 1. The second-order valence-electron chi connectivity index (χ2n) is 7.66. The van der Waals surface area contributed by atoms with Crippen LogP contribution in [0.15, 0.2) is 30.3 Å². The first-order valence-corrected chi connectivity index (χ1v) is 9.43. The Balaban J connectivity index is 1.59. The van der Waals surface area contributed by atoms with E-state index in [2.05, 4.69) is 10.2 Å². The number of nitrogens with one attached hydrogen (secondary N) is 1. The number of benzene rings is 1. The van der Waals surface area contributed by atoms with Crippen molar-refractivity contribution in [1.29, 1.82) is 0 Å². The monoisotopic (exact) mass is 342 g/mol. The van der Waals surface area contributed by atoms with Gasteiger partial charge in [-0.25, -0.2) is 0 Å². The molecule has 2 bridgehead atoms. The zero-order chi connectivity index (χ0) is 17.3. The molecule has 0 spiro atoms. The van der Waals surface area contributed by atoms with Crippen molar-refractivity contribution in [3.63, 3.8) is 0 Å². The van der Waals surface area contributed by atoms with Crippen molar-refractivity contribution < 1.29 is 14.3 Å². The average molecular weight is 342 g/mol. The van der Waals surface area contributed by atoms with E-state index < -0.39 is 5.41 Å². The number of carbonyl (C=O) groups is 2. The van der Waals surface area contributed by atoms with Gasteiger partial charge < -0.3 is 10.1 Å². The van der Waals surface area contributed by atoms with Gasteiger partial charge in [0.2, 0.25) is 5.91 Å².